The van der Waals surface area contributed by atoms with Crippen molar-refractivity contribution in [1.29, 1.82) is 0 Å². The van der Waals surface area contributed by atoms with E-state index in [1.54, 1.807) is 0 Å². The van der Waals surface area contributed by atoms with Crippen LogP contribution in [-0.4, -0.2) is 22.4 Å². The molecule has 1 N–H and O–H groups in total. The second kappa shape index (κ2) is 5.12. The molecule has 3 nitrogen and oxygen atoms in total. The molecule has 3 fully saturated rings. The zero-order chi connectivity index (χ0) is 14.4. The van der Waals surface area contributed by atoms with E-state index in [-0.39, 0.29) is 0 Å². The van der Waals surface area contributed by atoms with E-state index in [0.717, 1.165) is 17.9 Å². The highest BCUT2D eigenvalue weighted by Crippen LogP contribution is 2.57. The summed E-state index contributed by atoms with van der Waals surface area (Å²) in [6.07, 6.45) is 12.0. The van der Waals surface area contributed by atoms with Gasteiger partial charge in [-0.05, 0) is 75.7 Å². The molecule has 3 unspecified atom stereocenters. The number of hydrogen-bond acceptors (Lipinski definition) is 2. The average Bonchev–Trinajstić information content (AvgIpc) is 2.87. The fourth-order valence-corrected chi connectivity index (χ4v) is 4.81. The van der Waals surface area contributed by atoms with Crippen LogP contribution in [0, 0.1) is 17.3 Å². The molecular formula is C18H29N3. The third-order valence-electron chi connectivity index (χ3n) is 6.15. The highest BCUT2D eigenvalue weighted by molar-refractivity contribution is 5.11. The van der Waals surface area contributed by atoms with Crippen molar-refractivity contribution in [3.63, 3.8) is 0 Å². The van der Waals surface area contributed by atoms with Gasteiger partial charge in [-0.15, -0.1) is 0 Å². The topological polar surface area (TPSA) is 29.9 Å². The van der Waals surface area contributed by atoms with Gasteiger partial charge >= 0.3 is 0 Å². The van der Waals surface area contributed by atoms with Crippen molar-refractivity contribution in [2.45, 2.75) is 70.9 Å². The van der Waals surface area contributed by atoms with Gasteiger partial charge in [0.15, 0.2) is 0 Å². The van der Waals surface area contributed by atoms with Crippen molar-refractivity contribution in [1.82, 2.24) is 15.1 Å². The van der Waals surface area contributed by atoms with Crippen LogP contribution in [0.3, 0.4) is 0 Å². The van der Waals surface area contributed by atoms with Crippen LogP contribution < -0.4 is 5.32 Å². The Morgan fingerprint density at radius 1 is 1.33 bits per heavy atom. The van der Waals surface area contributed by atoms with E-state index in [9.17, 15) is 0 Å². The Morgan fingerprint density at radius 3 is 2.76 bits per heavy atom. The molecule has 3 aliphatic carbocycles. The smallest absolute Gasteiger partial charge is 0.0630 e. The molecule has 1 heterocycles. The van der Waals surface area contributed by atoms with Gasteiger partial charge in [-0.2, -0.15) is 5.10 Å². The van der Waals surface area contributed by atoms with E-state index >= 15 is 0 Å². The predicted octanol–water partition coefficient (Wildman–Crippen LogP) is 3.56. The SMILES string of the molecule is CC(C)n1ccc(CC2(CNC3CC3)CC3CCC2C3)n1. The van der Waals surface area contributed by atoms with Gasteiger partial charge in [-0.3, -0.25) is 4.68 Å². The first kappa shape index (κ1) is 13.8. The van der Waals surface area contributed by atoms with Gasteiger partial charge in [0.2, 0.25) is 0 Å². The highest BCUT2D eigenvalue weighted by atomic mass is 15.3. The maximum absolute atomic E-state index is 4.83. The number of hydrogen-bond donors (Lipinski definition) is 1. The van der Waals surface area contributed by atoms with Crippen molar-refractivity contribution >= 4 is 0 Å². The third-order valence-corrected chi connectivity index (χ3v) is 6.15. The van der Waals surface area contributed by atoms with Crippen LogP contribution in [0.5, 0.6) is 0 Å². The maximum Gasteiger partial charge on any atom is 0.0630 e. The Balaban J connectivity index is 1.51. The number of nitrogens with one attached hydrogen (secondary N) is 1. The molecule has 116 valence electrons. The van der Waals surface area contributed by atoms with Gasteiger partial charge in [-0.1, -0.05) is 6.42 Å². The van der Waals surface area contributed by atoms with Crippen LogP contribution in [0.2, 0.25) is 0 Å². The Labute approximate surface area is 128 Å². The molecule has 3 saturated carbocycles. The zero-order valence-corrected chi connectivity index (χ0v) is 13.5. The summed E-state index contributed by atoms with van der Waals surface area (Å²) in [5.74, 6) is 1.95. The summed E-state index contributed by atoms with van der Waals surface area (Å²) in [5, 5.41) is 8.67. The summed E-state index contributed by atoms with van der Waals surface area (Å²) < 4.78 is 2.12. The molecule has 0 amide bonds. The van der Waals surface area contributed by atoms with Crippen LogP contribution in [0.25, 0.3) is 0 Å². The van der Waals surface area contributed by atoms with Crippen LogP contribution in [0.15, 0.2) is 12.3 Å². The van der Waals surface area contributed by atoms with Crippen molar-refractivity contribution < 1.29 is 0 Å². The minimum atomic E-state index is 0.472. The molecule has 3 atom stereocenters. The summed E-state index contributed by atoms with van der Waals surface area (Å²) in [5.41, 5.74) is 1.82. The molecular weight excluding hydrogens is 258 g/mol. The molecule has 1 aromatic heterocycles. The number of rotatable bonds is 6. The molecule has 4 rings (SSSR count). The first-order valence-corrected chi connectivity index (χ1v) is 8.92. The largest absolute Gasteiger partial charge is 0.313 e. The number of nitrogens with zero attached hydrogens (tertiary/aromatic N) is 2. The molecule has 0 radical (unpaired) electrons. The third kappa shape index (κ3) is 2.65. The summed E-state index contributed by atoms with van der Waals surface area (Å²) in [6.45, 7) is 5.64. The molecule has 0 aliphatic heterocycles. The lowest BCUT2D eigenvalue weighted by molar-refractivity contribution is 0.153. The van der Waals surface area contributed by atoms with E-state index in [2.05, 4.69) is 36.1 Å². The van der Waals surface area contributed by atoms with Crippen molar-refractivity contribution in [2.24, 2.45) is 17.3 Å². The molecule has 0 spiro atoms. The van der Waals surface area contributed by atoms with Crippen LogP contribution in [0.1, 0.15) is 64.1 Å². The van der Waals surface area contributed by atoms with Crippen LogP contribution in [0.4, 0.5) is 0 Å². The van der Waals surface area contributed by atoms with E-state index in [1.807, 2.05) is 0 Å². The van der Waals surface area contributed by atoms with Gasteiger partial charge in [-0.25, -0.2) is 0 Å². The zero-order valence-electron chi connectivity index (χ0n) is 13.5. The molecule has 21 heavy (non-hydrogen) atoms. The first-order valence-electron chi connectivity index (χ1n) is 8.92. The van der Waals surface area contributed by atoms with E-state index in [4.69, 9.17) is 5.10 Å². The molecule has 3 heteroatoms. The van der Waals surface area contributed by atoms with E-state index < -0.39 is 0 Å². The summed E-state index contributed by atoms with van der Waals surface area (Å²) in [6, 6.07) is 3.55. The van der Waals surface area contributed by atoms with Crippen molar-refractivity contribution in [2.75, 3.05) is 6.54 Å². The quantitative estimate of drug-likeness (QED) is 0.867. The molecule has 0 aromatic carbocycles. The minimum Gasteiger partial charge on any atom is -0.313 e. The highest BCUT2D eigenvalue weighted by Gasteiger charge is 2.51. The normalized spacial score (nSPS) is 35.0. The number of aromatic nitrogens is 2. The van der Waals surface area contributed by atoms with Crippen molar-refractivity contribution in [3.05, 3.63) is 18.0 Å². The Morgan fingerprint density at radius 2 is 2.19 bits per heavy atom. The summed E-state index contributed by atoms with van der Waals surface area (Å²) >= 11 is 0. The van der Waals surface area contributed by atoms with Gasteiger partial charge in [0.25, 0.3) is 0 Å². The lowest BCUT2D eigenvalue weighted by Gasteiger charge is -2.38. The monoisotopic (exact) mass is 287 g/mol. The molecule has 3 aliphatic rings. The van der Waals surface area contributed by atoms with E-state index in [0.29, 0.717) is 11.5 Å². The van der Waals surface area contributed by atoms with Gasteiger partial charge < -0.3 is 5.32 Å². The lowest BCUT2D eigenvalue weighted by Crippen LogP contribution is -2.41. The second-order valence-electron chi connectivity index (χ2n) is 8.16. The van der Waals surface area contributed by atoms with Gasteiger partial charge in [0.1, 0.15) is 0 Å². The Kier molecular flexibility index (Phi) is 3.36. The molecule has 2 bridgehead atoms. The maximum atomic E-state index is 4.83. The fraction of sp³-hybridized carbons (Fsp3) is 0.833. The Bertz CT molecular complexity index is 502. The fourth-order valence-electron chi connectivity index (χ4n) is 4.81. The first-order chi connectivity index (χ1) is 10.1. The van der Waals surface area contributed by atoms with Crippen LogP contribution in [-0.2, 0) is 6.42 Å². The average molecular weight is 287 g/mol. The summed E-state index contributed by atoms with van der Waals surface area (Å²) in [7, 11) is 0. The standard InChI is InChI=1S/C18H29N3/c1-13(2)21-8-7-17(20-21)11-18(12-19-16-5-6-16)10-14-3-4-15(18)9-14/h7-8,13-16,19H,3-6,9-12H2,1-2H3. The van der Waals surface area contributed by atoms with Gasteiger partial charge in [0.05, 0.1) is 5.69 Å². The molecule has 0 saturated heterocycles. The predicted molar refractivity (Wildman–Crippen MR) is 85.2 cm³/mol. The minimum absolute atomic E-state index is 0.472. The van der Waals surface area contributed by atoms with Crippen molar-refractivity contribution in [3.8, 4) is 0 Å². The lowest BCUT2D eigenvalue weighted by atomic mass is 9.70. The molecule has 1 aromatic rings. The van der Waals surface area contributed by atoms with E-state index in [1.165, 1.54) is 57.2 Å². The number of fused-ring (bicyclic) bond motifs is 2. The Hall–Kier alpha value is -0.830. The van der Waals surface area contributed by atoms with Gasteiger partial charge in [0, 0.05) is 24.8 Å². The van der Waals surface area contributed by atoms with Crippen LogP contribution >= 0.6 is 0 Å². The summed E-state index contributed by atoms with van der Waals surface area (Å²) in [4.78, 5) is 0. The second-order valence-corrected chi connectivity index (χ2v) is 8.16.